The maximum atomic E-state index is 12.2. The number of aryl methyl sites for hydroxylation is 4. The van der Waals surface area contributed by atoms with Crippen LogP contribution in [-0.4, -0.2) is 35.7 Å². The number of alkyl halides is 6. The number of hydrogen-bond acceptors (Lipinski definition) is 6. The van der Waals surface area contributed by atoms with Gasteiger partial charge < -0.3 is 9.47 Å². The molecule has 0 bridgehead atoms. The van der Waals surface area contributed by atoms with Gasteiger partial charge in [-0.15, -0.1) is 0 Å². The van der Waals surface area contributed by atoms with E-state index in [1.165, 1.54) is 0 Å². The van der Waals surface area contributed by atoms with Crippen molar-refractivity contribution in [2.24, 2.45) is 0 Å². The number of hydrogen-bond donors (Lipinski definition) is 0. The predicted molar refractivity (Wildman–Crippen MR) is 168 cm³/mol. The van der Waals surface area contributed by atoms with Crippen LogP contribution in [-0.2, 0) is 0 Å². The lowest BCUT2D eigenvalue weighted by molar-refractivity contribution is -0.0336. The number of halogens is 6. The van der Waals surface area contributed by atoms with Crippen LogP contribution in [0, 0.1) is 27.7 Å². The Labute approximate surface area is 262 Å². The van der Waals surface area contributed by atoms with Crippen LogP contribution in [0.5, 0.6) is 11.5 Å². The van der Waals surface area contributed by atoms with Crippen molar-refractivity contribution in [3.05, 3.63) is 46.5 Å². The molecule has 2 rings (SSSR count). The minimum atomic E-state index is -4.15. The zero-order valence-electron chi connectivity index (χ0n) is 24.5. The van der Waals surface area contributed by atoms with Gasteiger partial charge in [0.15, 0.2) is 0 Å². The molecule has 0 aliphatic rings. The van der Waals surface area contributed by atoms with Crippen LogP contribution in [0.3, 0.4) is 0 Å². The molecular weight excluding hydrogens is 635 g/mol. The molecular formula is C30H40F6O2S4. The Kier molecular flexibility index (Phi) is 16.6. The first-order valence-corrected chi connectivity index (χ1v) is 18.1. The third kappa shape index (κ3) is 15.7. The zero-order chi connectivity index (χ0) is 31.2. The van der Waals surface area contributed by atoms with Crippen molar-refractivity contribution < 1.29 is 35.8 Å². The van der Waals surface area contributed by atoms with E-state index >= 15 is 0 Å². The summed E-state index contributed by atoms with van der Waals surface area (Å²) >= 11 is 0.0839. The van der Waals surface area contributed by atoms with Crippen molar-refractivity contribution in [1.82, 2.24) is 0 Å². The third-order valence-electron chi connectivity index (χ3n) is 6.29. The molecule has 0 fully saturated rings. The van der Waals surface area contributed by atoms with E-state index < -0.39 is 11.0 Å². The average Bonchev–Trinajstić information content (AvgIpc) is 2.88. The van der Waals surface area contributed by atoms with Gasteiger partial charge in [-0.2, -0.15) is 26.3 Å². The fraction of sp³-hybridized carbons (Fsp3) is 0.600. The van der Waals surface area contributed by atoms with Crippen LogP contribution in [0.25, 0.3) is 0 Å². The standard InChI is InChI=1S/C30H40F6O2S4/c1-21-17-23(3)27(19-25(21)37-13-9-5-7-11-15-39-29(31,32)33)41-42-28-20-26(22(2)18-24(28)4)38-14-10-6-8-12-16-40-30(34,35)36/h17-20H,5-16H2,1-4H3. The Morgan fingerprint density at radius 3 is 1.21 bits per heavy atom. The van der Waals surface area contributed by atoms with E-state index in [4.69, 9.17) is 9.47 Å². The Bertz CT molecular complexity index is 1010. The van der Waals surface area contributed by atoms with Crippen molar-refractivity contribution in [3.63, 3.8) is 0 Å². The van der Waals surface area contributed by atoms with E-state index in [-0.39, 0.29) is 35.0 Å². The van der Waals surface area contributed by atoms with Crippen LogP contribution in [0.2, 0.25) is 0 Å². The molecule has 0 saturated heterocycles. The lowest BCUT2D eigenvalue weighted by Crippen LogP contribution is -2.02. The molecule has 2 nitrogen and oxygen atoms in total. The first-order chi connectivity index (χ1) is 19.7. The maximum absolute atomic E-state index is 12.2. The number of ether oxygens (including phenoxy) is 2. The molecule has 0 aromatic heterocycles. The van der Waals surface area contributed by atoms with Crippen molar-refractivity contribution in [2.45, 2.75) is 99.9 Å². The Hall–Kier alpha value is -0.980. The molecule has 0 atom stereocenters. The summed E-state index contributed by atoms with van der Waals surface area (Å²) in [5, 5.41) is 0. The molecule has 0 N–H and O–H groups in total. The molecule has 2 aromatic rings. The quantitative estimate of drug-likeness (QED) is 0.0833. The monoisotopic (exact) mass is 674 g/mol. The van der Waals surface area contributed by atoms with Gasteiger partial charge in [0, 0.05) is 21.3 Å². The van der Waals surface area contributed by atoms with Gasteiger partial charge in [0.25, 0.3) is 0 Å². The summed E-state index contributed by atoms with van der Waals surface area (Å²) < 4.78 is 85.3. The molecule has 0 radical (unpaired) electrons. The summed E-state index contributed by atoms with van der Waals surface area (Å²) in [7, 11) is 3.31. The molecule has 238 valence electrons. The maximum Gasteiger partial charge on any atom is 0.441 e. The summed E-state index contributed by atoms with van der Waals surface area (Å²) in [6.07, 6.45) is 5.85. The minimum Gasteiger partial charge on any atom is -0.493 e. The van der Waals surface area contributed by atoms with Crippen LogP contribution in [0.4, 0.5) is 26.3 Å². The van der Waals surface area contributed by atoms with E-state index in [0.29, 0.717) is 26.1 Å². The van der Waals surface area contributed by atoms with E-state index in [2.05, 4.69) is 38.1 Å². The third-order valence-corrected chi connectivity index (χ3v) is 10.6. The first kappa shape index (κ1) is 37.2. The lowest BCUT2D eigenvalue weighted by atomic mass is 10.1. The second kappa shape index (κ2) is 18.7. The fourth-order valence-corrected chi connectivity index (χ4v) is 7.71. The van der Waals surface area contributed by atoms with Crippen LogP contribution < -0.4 is 9.47 Å². The van der Waals surface area contributed by atoms with Crippen molar-refractivity contribution in [3.8, 4) is 11.5 Å². The fourth-order valence-electron chi connectivity index (χ4n) is 4.06. The topological polar surface area (TPSA) is 18.5 Å². The Morgan fingerprint density at radius 2 is 0.857 bits per heavy atom. The molecule has 42 heavy (non-hydrogen) atoms. The van der Waals surface area contributed by atoms with Gasteiger partial charge in [-0.05, 0) is 87.8 Å². The van der Waals surface area contributed by atoms with Crippen LogP contribution >= 0.6 is 45.1 Å². The molecule has 0 spiro atoms. The first-order valence-electron chi connectivity index (χ1n) is 14.0. The largest absolute Gasteiger partial charge is 0.493 e. The number of thioether (sulfide) groups is 2. The highest BCUT2D eigenvalue weighted by Crippen LogP contribution is 2.44. The number of benzene rings is 2. The minimum absolute atomic E-state index is 0.0419. The van der Waals surface area contributed by atoms with Crippen molar-refractivity contribution in [2.75, 3.05) is 24.7 Å². The average molecular weight is 675 g/mol. The molecule has 0 amide bonds. The molecule has 0 aliphatic heterocycles. The normalized spacial score (nSPS) is 12.1. The van der Waals surface area contributed by atoms with E-state index in [0.717, 1.165) is 82.1 Å². The van der Waals surface area contributed by atoms with Gasteiger partial charge in [0.05, 0.1) is 13.2 Å². The van der Waals surface area contributed by atoms with E-state index in [9.17, 15) is 26.3 Å². The molecule has 0 aliphatic carbocycles. The summed E-state index contributed by atoms with van der Waals surface area (Å²) in [6.45, 7) is 9.20. The van der Waals surface area contributed by atoms with Crippen molar-refractivity contribution >= 4 is 45.1 Å². The SMILES string of the molecule is Cc1cc(C)c(SSc2cc(OCCCCCCSC(F)(F)F)c(C)cc2C)cc1OCCCCCCSC(F)(F)F. The van der Waals surface area contributed by atoms with Crippen molar-refractivity contribution in [1.29, 1.82) is 0 Å². The van der Waals surface area contributed by atoms with Crippen LogP contribution in [0.1, 0.15) is 73.6 Å². The van der Waals surface area contributed by atoms with Gasteiger partial charge in [-0.25, -0.2) is 0 Å². The second-order valence-corrected chi connectivity index (χ2v) is 14.6. The Balaban J connectivity index is 1.81. The lowest BCUT2D eigenvalue weighted by Gasteiger charge is -2.15. The predicted octanol–water partition coefficient (Wildman–Crippen LogP) is 12.1. The molecule has 0 unspecified atom stereocenters. The van der Waals surface area contributed by atoms with Gasteiger partial charge in [-0.1, -0.05) is 82.9 Å². The summed E-state index contributed by atoms with van der Waals surface area (Å²) in [4.78, 5) is 2.19. The second-order valence-electron chi connectivity index (χ2n) is 10.0. The zero-order valence-corrected chi connectivity index (χ0v) is 27.8. The number of rotatable bonds is 19. The summed E-state index contributed by atoms with van der Waals surface area (Å²) in [5.41, 5.74) is -3.91. The molecule has 2 aromatic carbocycles. The highest BCUT2D eigenvalue weighted by Gasteiger charge is 2.27. The van der Waals surface area contributed by atoms with Gasteiger partial charge in [0.1, 0.15) is 11.5 Å². The summed E-state index contributed by atoms with van der Waals surface area (Å²) in [5.74, 6) is 1.84. The Morgan fingerprint density at radius 1 is 0.500 bits per heavy atom. The molecule has 0 heterocycles. The molecule has 12 heteroatoms. The van der Waals surface area contributed by atoms with E-state index in [1.807, 2.05) is 13.8 Å². The number of unbranched alkanes of at least 4 members (excludes halogenated alkanes) is 6. The smallest absolute Gasteiger partial charge is 0.441 e. The van der Waals surface area contributed by atoms with Crippen LogP contribution in [0.15, 0.2) is 34.1 Å². The van der Waals surface area contributed by atoms with Gasteiger partial charge in [-0.3, -0.25) is 0 Å². The molecule has 0 saturated carbocycles. The van der Waals surface area contributed by atoms with Gasteiger partial charge >= 0.3 is 11.0 Å². The van der Waals surface area contributed by atoms with E-state index in [1.54, 1.807) is 21.6 Å². The van der Waals surface area contributed by atoms with Gasteiger partial charge in [0.2, 0.25) is 0 Å². The highest BCUT2D eigenvalue weighted by molar-refractivity contribution is 8.76. The summed E-state index contributed by atoms with van der Waals surface area (Å²) in [6, 6.07) is 8.31. The highest BCUT2D eigenvalue weighted by atomic mass is 33.1.